The van der Waals surface area contributed by atoms with Crippen LogP contribution in [0.5, 0.6) is 23.0 Å². The fraction of sp³-hybridized carbons (Fsp3) is 0.300. The van der Waals surface area contributed by atoms with Gasteiger partial charge in [0.05, 0.1) is 21.3 Å². The van der Waals surface area contributed by atoms with Crippen LogP contribution in [0, 0.1) is 0 Å². The number of methoxy groups -OCH3 is 3. The SMILES string of the molecule is COc1cc(OC)c(OS(=O)(=O)NC(=O)[O-])c(OC)c1. The number of carbonyl (C=O) groups excluding carboxylic acids is 1. The second kappa shape index (κ2) is 6.19. The van der Waals surface area contributed by atoms with Gasteiger partial charge in [0.1, 0.15) is 5.75 Å². The van der Waals surface area contributed by atoms with Crippen LogP contribution in [0.15, 0.2) is 12.1 Å². The summed E-state index contributed by atoms with van der Waals surface area (Å²) in [4.78, 5) is 10.3. The van der Waals surface area contributed by atoms with Gasteiger partial charge in [-0.15, -0.1) is 0 Å². The van der Waals surface area contributed by atoms with Gasteiger partial charge in [-0.05, 0) is 0 Å². The maximum atomic E-state index is 11.4. The van der Waals surface area contributed by atoms with Gasteiger partial charge in [0.15, 0.2) is 17.6 Å². The van der Waals surface area contributed by atoms with Crippen molar-refractivity contribution in [3.63, 3.8) is 0 Å². The lowest BCUT2D eigenvalue weighted by atomic mass is 10.2. The van der Waals surface area contributed by atoms with E-state index < -0.39 is 16.4 Å². The van der Waals surface area contributed by atoms with Gasteiger partial charge in [0, 0.05) is 12.1 Å². The number of carboxylic acid groups (broad SMARTS) is 1. The zero-order chi connectivity index (χ0) is 15.3. The highest BCUT2D eigenvalue weighted by atomic mass is 32.2. The van der Waals surface area contributed by atoms with E-state index in [9.17, 15) is 18.3 Å². The summed E-state index contributed by atoms with van der Waals surface area (Å²) in [6.07, 6.45) is -2.03. The fourth-order valence-electron chi connectivity index (χ4n) is 1.29. The third kappa shape index (κ3) is 3.82. The molecule has 0 aliphatic carbocycles. The highest BCUT2D eigenvalue weighted by Crippen LogP contribution is 2.41. The Bertz CT molecular complexity index is 572. The first-order valence-corrected chi connectivity index (χ1v) is 6.47. The molecule has 0 fully saturated rings. The van der Waals surface area contributed by atoms with E-state index in [1.54, 1.807) is 0 Å². The lowest BCUT2D eigenvalue weighted by Gasteiger charge is -2.15. The third-order valence-electron chi connectivity index (χ3n) is 2.07. The minimum atomic E-state index is -4.63. The lowest BCUT2D eigenvalue weighted by molar-refractivity contribution is -0.248. The fourth-order valence-corrected chi connectivity index (χ4v) is 1.92. The molecule has 0 aliphatic heterocycles. The quantitative estimate of drug-likeness (QED) is 0.729. The number of hydrogen-bond donors (Lipinski definition) is 1. The molecule has 1 aromatic carbocycles. The van der Waals surface area contributed by atoms with Gasteiger partial charge in [-0.3, -0.25) is 0 Å². The van der Waals surface area contributed by atoms with Crippen LogP contribution in [-0.2, 0) is 10.3 Å². The summed E-state index contributed by atoms with van der Waals surface area (Å²) in [5, 5.41) is 10.3. The van der Waals surface area contributed by atoms with E-state index in [-0.39, 0.29) is 17.2 Å². The molecular formula is C10H12NO8S-. The van der Waals surface area contributed by atoms with Gasteiger partial charge in [-0.2, -0.15) is 8.42 Å². The van der Waals surface area contributed by atoms with E-state index in [1.807, 2.05) is 0 Å². The van der Waals surface area contributed by atoms with Gasteiger partial charge < -0.3 is 28.3 Å². The van der Waals surface area contributed by atoms with Gasteiger partial charge in [-0.25, -0.2) is 4.72 Å². The molecule has 0 saturated heterocycles. The van der Waals surface area contributed by atoms with E-state index >= 15 is 0 Å². The summed E-state index contributed by atoms with van der Waals surface area (Å²) in [7, 11) is -0.712. The molecular weight excluding hydrogens is 294 g/mol. The lowest BCUT2D eigenvalue weighted by Crippen LogP contribution is -2.42. The number of nitrogens with one attached hydrogen (secondary N) is 1. The number of ether oxygens (including phenoxy) is 3. The van der Waals surface area contributed by atoms with Crippen LogP contribution in [0.25, 0.3) is 0 Å². The van der Waals surface area contributed by atoms with Gasteiger partial charge in [0.25, 0.3) is 0 Å². The molecule has 1 aromatic rings. The predicted molar refractivity (Wildman–Crippen MR) is 64.2 cm³/mol. The number of rotatable bonds is 6. The average Bonchev–Trinajstić information content (AvgIpc) is 2.36. The highest BCUT2D eigenvalue weighted by molar-refractivity contribution is 7.85. The predicted octanol–water partition coefficient (Wildman–Crippen LogP) is -0.731. The van der Waals surface area contributed by atoms with E-state index in [0.717, 1.165) is 4.72 Å². The summed E-state index contributed by atoms with van der Waals surface area (Å²) in [6.45, 7) is 0. The smallest absolute Gasteiger partial charge is 0.408 e. The molecule has 9 nitrogen and oxygen atoms in total. The summed E-state index contributed by atoms with van der Waals surface area (Å²) in [6, 6.07) is 2.68. The normalized spacial score (nSPS) is 10.6. The molecule has 0 bridgehead atoms. The Morgan fingerprint density at radius 2 is 1.60 bits per heavy atom. The molecule has 0 radical (unpaired) electrons. The van der Waals surface area contributed by atoms with Crippen LogP contribution in [0.2, 0.25) is 0 Å². The largest absolute Gasteiger partial charge is 0.529 e. The Balaban J connectivity index is 3.26. The van der Waals surface area contributed by atoms with E-state index in [0.29, 0.717) is 5.75 Å². The van der Waals surface area contributed by atoms with Crippen molar-refractivity contribution >= 4 is 16.4 Å². The zero-order valence-electron chi connectivity index (χ0n) is 10.8. The van der Waals surface area contributed by atoms with Crippen LogP contribution >= 0.6 is 0 Å². The van der Waals surface area contributed by atoms with Crippen LogP contribution in [0.3, 0.4) is 0 Å². The molecule has 1 N–H and O–H groups in total. The van der Waals surface area contributed by atoms with E-state index in [4.69, 9.17) is 14.2 Å². The molecule has 112 valence electrons. The first kappa shape index (κ1) is 15.7. The van der Waals surface area contributed by atoms with Crippen molar-refractivity contribution in [1.29, 1.82) is 0 Å². The molecule has 0 unspecified atom stereocenters. The second-order valence-corrected chi connectivity index (χ2v) is 4.57. The van der Waals surface area contributed by atoms with Crippen molar-refractivity contribution in [3.05, 3.63) is 12.1 Å². The van der Waals surface area contributed by atoms with Crippen molar-refractivity contribution in [2.45, 2.75) is 0 Å². The first-order chi connectivity index (χ1) is 9.32. The van der Waals surface area contributed by atoms with Crippen LogP contribution in [-0.4, -0.2) is 35.8 Å². The van der Waals surface area contributed by atoms with Crippen molar-refractivity contribution in [3.8, 4) is 23.0 Å². The number of hydrogen-bond acceptors (Lipinski definition) is 8. The molecule has 20 heavy (non-hydrogen) atoms. The van der Waals surface area contributed by atoms with Crippen molar-refractivity contribution in [2.75, 3.05) is 21.3 Å². The molecule has 10 heteroatoms. The Morgan fingerprint density at radius 3 is 1.95 bits per heavy atom. The summed E-state index contributed by atoms with van der Waals surface area (Å²) in [5.41, 5.74) is 0. The molecule has 0 heterocycles. The molecule has 0 atom stereocenters. The van der Waals surface area contributed by atoms with Gasteiger partial charge >= 0.3 is 10.3 Å². The summed E-state index contributed by atoms with van der Waals surface area (Å²) < 4.78 is 43.4. The number of amides is 1. The third-order valence-corrected chi connectivity index (χ3v) is 2.87. The summed E-state index contributed by atoms with van der Waals surface area (Å²) >= 11 is 0. The van der Waals surface area contributed by atoms with Crippen LogP contribution in [0.1, 0.15) is 0 Å². The number of carbonyl (C=O) groups is 1. The van der Waals surface area contributed by atoms with Crippen LogP contribution in [0.4, 0.5) is 4.79 Å². The monoisotopic (exact) mass is 306 g/mol. The average molecular weight is 306 g/mol. The van der Waals surface area contributed by atoms with Crippen molar-refractivity contribution in [1.82, 2.24) is 4.72 Å². The minimum absolute atomic E-state index is 0.0232. The summed E-state index contributed by atoms with van der Waals surface area (Å²) in [5.74, 6) is -0.0456. The van der Waals surface area contributed by atoms with Crippen LogP contribution < -0.4 is 28.2 Å². The second-order valence-electron chi connectivity index (χ2n) is 3.29. The number of benzene rings is 1. The van der Waals surface area contributed by atoms with Gasteiger partial charge in [0.2, 0.25) is 5.75 Å². The van der Waals surface area contributed by atoms with E-state index in [1.165, 1.54) is 33.5 Å². The maximum absolute atomic E-state index is 11.4. The minimum Gasteiger partial charge on any atom is -0.529 e. The molecule has 0 spiro atoms. The molecule has 0 aromatic heterocycles. The van der Waals surface area contributed by atoms with Gasteiger partial charge in [-0.1, -0.05) is 0 Å². The van der Waals surface area contributed by atoms with Crippen molar-refractivity contribution in [2.24, 2.45) is 0 Å². The zero-order valence-corrected chi connectivity index (χ0v) is 11.6. The standard InChI is InChI=1S/C10H13NO8S/c1-16-6-4-7(17-2)9(8(5-6)18-3)19-20(14,15)11-10(12)13/h4-5,11H,1-3H3,(H,12,13)/p-1. The Labute approximate surface area is 115 Å². The Kier molecular flexibility index (Phi) is 4.86. The van der Waals surface area contributed by atoms with Crippen molar-refractivity contribution < 1.29 is 36.7 Å². The Hall–Kier alpha value is -2.36. The molecule has 0 saturated carbocycles. The molecule has 1 amide bonds. The Morgan fingerprint density at radius 1 is 1.10 bits per heavy atom. The first-order valence-electron chi connectivity index (χ1n) is 5.06. The topological polar surface area (TPSA) is 123 Å². The highest BCUT2D eigenvalue weighted by Gasteiger charge is 2.21. The molecule has 0 aliphatic rings. The van der Waals surface area contributed by atoms with E-state index in [2.05, 4.69) is 4.18 Å². The molecule has 1 rings (SSSR count). The maximum Gasteiger partial charge on any atom is 0.408 e.